The van der Waals surface area contributed by atoms with Crippen LogP contribution in [0.3, 0.4) is 0 Å². The molecule has 1 unspecified atom stereocenters. The van der Waals surface area contributed by atoms with Crippen molar-refractivity contribution in [3.63, 3.8) is 0 Å². The second-order valence-electron chi connectivity index (χ2n) is 5.92. The molecule has 9 heteroatoms. The van der Waals surface area contributed by atoms with Crippen molar-refractivity contribution >= 4 is 33.0 Å². The Morgan fingerprint density at radius 3 is 2.84 bits per heavy atom. The highest BCUT2D eigenvalue weighted by Crippen LogP contribution is 2.30. The molecule has 0 bridgehead atoms. The third kappa shape index (κ3) is 3.51. The number of allylic oxidation sites excluding steroid dienone is 1. The Labute approximate surface area is 144 Å². The molecule has 25 heavy (non-hydrogen) atoms. The third-order valence-corrected chi connectivity index (χ3v) is 5.83. The molecular formula is C16H18FN3O4S. The van der Waals surface area contributed by atoms with Crippen LogP contribution in [0.1, 0.15) is 12.0 Å². The van der Waals surface area contributed by atoms with Gasteiger partial charge in [-0.2, -0.15) is 0 Å². The predicted molar refractivity (Wildman–Crippen MR) is 91.3 cm³/mol. The van der Waals surface area contributed by atoms with E-state index in [1.54, 1.807) is 18.2 Å². The minimum absolute atomic E-state index is 0.0148. The van der Waals surface area contributed by atoms with Crippen molar-refractivity contribution in [2.45, 2.75) is 12.5 Å². The number of ether oxygens (including phenoxy) is 1. The maximum atomic E-state index is 14.5. The number of halogens is 1. The van der Waals surface area contributed by atoms with Gasteiger partial charge < -0.3 is 10.1 Å². The van der Waals surface area contributed by atoms with E-state index in [4.69, 9.17) is 9.52 Å². The third-order valence-electron chi connectivity index (χ3n) is 4.26. The maximum absolute atomic E-state index is 14.5. The van der Waals surface area contributed by atoms with Gasteiger partial charge in [0.2, 0.25) is 0 Å². The maximum Gasteiger partial charge on any atom is 0.415 e. The van der Waals surface area contributed by atoms with Gasteiger partial charge in [0.1, 0.15) is 5.82 Å². The normalized spacial score (nSPS) is 26.2. The Bertz CT molecular complexity index is 866. The van der Waals surface area contributed by atoms with Crippen LogP contribution in [0.15, 0.2) is 24.3 Å². The van der Waals surface area contributed by atoms with Gasteiger partial charge in [-0.25, -0.2) is 13.4 Å². The van der Waals surface area contributed by atoms with Crippen molar-refractivity contribution in [3.05, 3.63) is 35.7 Å². The van der Waals surface area contributed by atoms with Crippen molar-refractivity contribution in [1.29, 1.82) is 4.78 Å². The van der Waals surface area contributed by atoms with Crippen LogP contribution < -0.4 is 10.2 Å². The lowest BCUT2D eigenvalue weighted by molar-refractivity contribution is -0.127. The lowest BCUT2D eigenvalue weighted by Crippen LogP contribution is -2.35. The monoisotopic (exact) mass is 367 g/mol. The zero-order valence-electron chi connectivity index (χ0n) is 13.6. The summed E-state index contributed by atoms with van der Waals surface area (Å²) in [6.45, 7) is 0.0148. The summed E-state index contributed by atoms with van der Waals surface area (Å²) in [5.41, 5.74) is 1.38. The standard InChI is InChI=1S/C16H18FN3O4S/c1-19-15(21)14-9-20(16(22)24-14)11-2-3-12(13(17)8-11)10-4-6-25(18,23)7-5-10/h2-4,8,14,18H,5-7,9H2,1H3,(H,19,21)/t14-,25?/m1/s1. The number of hydrogen-bond acceptors (Lipinski definition) is 5. The van der Waals surface area contributed by atoms with E-state index in [1.807, 2.05) is 0 Å². The van der Waals surface area contributed by atoms with Gasteiger partial charge in [0.15, 0.2) is 6.10 Å². The van der Waals surface area contributed by atoms with Crippen molar-refractivity contribution in [2.75, 3.05) is 30.0 Å². The second-order valence-corrected chi connectivity index (χ2v) is 8.29. The fraction of sp³-hybridized carbons (Fsp3) is 0.375. The Hall–Kier alpha value is -2.42. The molecule has 2 heterocycles. The number of amides is 2. The number of hydrogen-bond donors (Lipinski definition) is 2. The summed E-state index contributed by atoms with van der Waals surface area (Å²) in [4.78, 5) is 24.7. The SMILES string of the molecule is CNC(=O)[C@H]1CN(c2ccc(C3=CCS(=N)(=O)CC3)c(F)c2)C(=O)O1. The molecule has 7 nitrogen and oxygen atoms in total. The van der Waals surface area contributed by atoms with Crippen LogP contribution in [0.4, 0.5) is 14.9 Å². The summed E-state index contributed by atoms with van der Waals surface area (Å²) in [5.74, 6) is -0.597. The van der Waals surface area contributed by atoms with Gasteiger partial charge in [-0.3, -0.25) is 14.5 Å². The van der Waals surface area contributed by atoms with Crippen LogP contribution in [0, 0.1) is 10.6 Å². The fourth-order valence-corrected chi connectivity index (χ4v) is 4.03. The minimum Gasteiger partial charge on any atom is -0.434 e. The van der Waals surface area contributed by atoms with Crippen molar-refractivity contribution in [3.8, 4) is 0 Å². The minimum atomic E-state index is -2.59. The molecule has 2 atom stereocenters. The van der Waals surface area contributed by atoms with Crippen molar-refractivity contribution in [1.82, 2.24) is 5.32 Å². The lowest BCUT2D eigenvalue weighted by Gasteiger charge is -2.18. The second kappa shape index (κ2) is 6.47. The average Bonchev–Trinajstić information content (AvgIpc) is 2.96. The van der Waals surface area contributed by atoms with Gasteiger partial charge in [0.05, 0.1) is 18.0 Å². The highest BCUT2D eigenvalue weighted by atomic mass is 32.2. The van der Waals surface area contributed by atoms with E-state index in [9.17, 15) is 18.2 Å². The van der Waals surface area contributed by atoms with Crippen LogP contribution >= 0.6 is 0 Å². The molecule has 1 saturated heterocycles. The lowest BCUT2D eigenvalue weighted by atomic mass is 10.0. The summed E-state index contributed by atoms with van der Waals surface area (Å²) in [6.07, 6.45) is 0.393. The molecule has 2 aliphatic heterocycles. The van der Waals surface area contributed by atoms with Crippen LogP contribution in [-0.2, 0) is 19.3 Å². The first-order chi connectivity index (χ1) is 11.8. The number of likely N-dealkylation sites (N-methyl/N-ethyl adjacent to an activating group) is 1. The first-order valence-corrected chi connectivity index (χ1v) is 9.63. The molecule has 1 fully saturated rings. The summed E-state index contributed by atoms with van der Waals surface area (Å²) in [7, 11) is -1.14. The van der Waals surface area contributed by atoms with E-state index in [-0.39, 0.29) is 18.1 Å². The molecule has 1 aromatic rings. The van der Waals surface area contributed by atoms with Crippen LogP contribution in [0.25, 0.3) is 5.57 Å². The van der Waals surface area contributed by atoms with Gasteiger partial charge >= 0.3 is 6.09 Å². The summed E-state index contributed by atoms with van der Waals surface area (Å²) >= 11 is 0. The first-order valence-electron chi connectivity index (χ1n) is 7.73. The molecule has 2 aliphatic rings. The molecule has 2 N–H and O–H groups in total. The van der Waals surface area contributed by atoms with Gasteiger partial charge in [-0.15, -0.1) is 0 Å². The molecule has 0 spiro atoms. The number of benzene rings is 1. The van der Waals surface area contributed by atoms with E-state index in [2.05, 4.69) is 5.32 Å². The number of nitrogens with zero attached hydrogens (tertiary/aromatic N) is 1. The van der Waals surface area contributed by atoms with E-state index in [0.29, 0.717) is 23.2 Å². The van der Waals surface area contributed by atoms with Gasteiger partial charge in [-0.1, -0.05) is 6.08 Å². The molecule has 0 aromatic heterocycles. The first kappa shape index (κ1) is 17.4. The number of nitrogens with one attached hydrogen (secondary N) is 2. The van der Waals surface area contributed by atoms with E-state index < -0.39 is 33.7 Å². The molecule has 3 rings (SSSR count). The molecule has 2 amide bonds. The number of rotatable bonds is 3. The number of anilines is 1. The Morgan fingerprint density at radius 2 is 2.24 bits per heavy atom. The highest BCUT2D eigenvalue weighted by Gasteiger charge is 2.36. The summed E-state index contributed by atoms with van der Waals surface area (Å²) in [5, 5.41) is 2.41. The summed E-state index contributed by atoms with van der Waals surface area (Å²) < 4.78 is 38.7. The highest BCUT2D eigenvalue weighted by molar-refractivity contribution is 7.92. The van der Waals surface area contributed by atoms with E-state index in [1.165, 1.54) is 18.0 Å². The molecule has 1 aromatic carbocycles. The zero-order valence-corrected chi connectivity index (χ0v) is 14.4. The fourth-order valence-electron chi connectivity index (χ4n) is 2.84. The average molecular weight is 367 g/mol. The molecular weight excluding hydrogens is 349 g/mol. The Balaban J connectivity index is 1.82. The van der Waals surface area contributed by atoms with Crippen molar-refractivity contribution in [2.24, 2.45) is 0 Å². The molecule has 134 valence electrons. The molecule has 0 radical (unpaired) electrons. The van der Waals surface area contributed by atoms with Gasteiger partial charge in [0, 0.05) is 28.1 Å². The van der Waals surface area contributed by atoms with Crippen LogP contribution in [-0.4, -0.2) is 47.4 Å². The molecule has 0 saturated carbocycles. The number of carbonyl (C=O) groups is 2. The van der Waals surface area contributed by atoms with Gasteiger partial charge in [0.25, 0.3) is 5.91 Å². The topological polar surface area (TPSA) is 99.6 Å². The zero-order chi connectivity index (χ0) is 18.2. The summed E-state index contributed by atoms with van der Waals surface area (Å²) in [6, 6.07) is 4.35. The van der Waals surface area contributed by atoms with Crippen LogP contribution in [0.5, 0.6) is 0 Å². The van der Waals surface area contributed by atoms with E-state index in [0.717, 1.165) is 0 Å². The Kier molecular flexibility index (Phi) is 4.51. The predicted octanol–water partition coefficient (Wildman–Crippen LogP) is 1.73. The largest absolute Gasteiger partial charge is 0.434 e. The number of carbonyl (C=O) groups excluding carboxylic acids is 2. The Morgan fingerprint density at radius 1 is 1.48 bits per heavy atom. The number of cyclic esters (lactones) is 1. The van der Waals surface area contributed by atoms with Crippen LogP contribution in [0.2, 0.25) is 0 Å². The van der Waals surface area contributed by atoms with Crippen molar-refractivity contribution < 1.29 is 22.9 Å². The smallest absolute Gasteiger partial charge is 0.415 e. The van der Waals surface area contributed by atoms with Gasteiger partial charge in [-0.05, 0) is 30.2 Å². The quantitative estimate of drug-likeness (QED) is 0.850. The van der Waals surface area contributed by atoms with E-state index >= 15 is 0 Å². The molecule has 0 aliphatic carbocycles.